The van der Waals surface area contributed by atoms with Gasteiger partial charge in [-0.1, -0.05) is 30.3 Å². The molecule has 2 heterocycles. The Labute approximate surface area is 144 Å². The Balaban J connectivity index is 1.80. The van der Waals surface area contributed by atoms with Crippen LogP contribution in [0.3, 0.4) is 0 Å². The van der Waals surface area contributed by atoms with Gasteiger partial charge < -0.3 is 4.74 Å². The first-order chi connectivity index (χ1) is 12.2. The lowest BCUT2D eigenvalue weighted by Gasteiger charge is -2.10. The molecule has 0 aliphatic heterocycles. The van der Waals surface area contributed by atoms with E-state index in [1.807, 2.05) is 36.4 Å². The highest BCUT2D eigenvalue weighted by Gasteiger charge is 2.18. The lowest BCUT2D eigenvalue weighted by Crippen LogP contribution is -2.17. The monoisotopic (exact) mass is 333 g/mol. The normalized spacial score (nSPS) is 10.1. The van der Waals surface area contributed by atoms with Gasteiger partial charge in [-0.05, 0) is 24.6 Å². The Morgan fingerprint density at radius 2 is 2.08 bits per heavy atom. The molecular formula is C18H15N5O2. The molecule has 1 N–H and O–H groups in total. The number of hydrogen-bond acceptors (Lipinski definition) is 5. The fraction of sp³-hybridized carbons (Fsp3) is 0.111. The number of hydrogen-bond donors (Lipinski definition) is 1. The molecule has 0 saturated carbocycles. The van der Waals surface area contributed by atoms with Crippen LogP contribution in [0.25, 0.3) is 5.69 Å². The van der Waals surface area contributed by atoms with Crippen molar-refractivity contribution < 1.29 is 9.53 Å². The number of ether oxygens (including phenoxy) is 1. The Morgan fingerprint density at radius 3 is 2.76 bits per heavy atom. The van der Waals surface area contributed by atoms with Gasteiger partial charge in [0.25, 0.3) is 0 Å². The summed E-state index contributed by atoms with van der Waals surface area (Å²) in [4.78, 5) is 16.2. The summed E-state index contributed by atoms with van der Waals surface area (Å²) in [5.41, 5.74) is 2.29. The molecule has 3 rings (SSSR count). The molecule has 0 spiro atoms. The largest absolute Gasteiger partial charge is 0.444 e. The zero-order valence-electron chi connectivity index (χ0n) is 13.5. The van der Waals surface area contributed by atoms with Crippen molar-refractivity contribution in [2.24, 2.45) is 0 Å². The van der Waals surface area contributed by atoms with E-state index in [1.54, 1.807) is 31.5 Å². The summed E-state index contributed by atoms with van der Waals surface area (Å²) < 4.78 is 6.69. The van der Waals surface area contributed by atoms with Crippen molar-refractivity contribution >= 4 is 11.9 Å². The van der Waals surface area contributed by atoms with Crippen LogP contribution < -0.4 is 5.32 Å². The molecule has 25 heavy (non-hydrogen) atoms. The minimum Gasteiger partial charge on any atom is -0.444 e. The maximum absolute atomic E-state index is 12.1. The van der Waals surface area contributed by atoms with E-state index in [0.717, 1.165) is 5.56 Å². The van der Waals surface area contributed by atoms with Gasteiger partial charge in [-0.25, -0.2) is 9.48 Å². The summed E-state index contributed by atoms with van der Waals surface area (Å²) in [6, 6.07) is 14.9. The second kappa shape index (κ2) is 7.27. The van der Waals surface area contributed by atoms with Crippen LogP contribution >= 0.6 is 0 Å². The predicted molar refractivity (Wildman–Crippen MR) is 91.1 cm³/mol. The first-order valence-corrected chi connectivity index (χ1v) is 7.57. The number of nitrogens with zero attached hydrogens (tertiary/aromatic N) is 4. The van der Waals surface area contributed by atoms with Gasteiger partial charge in [0.2, 0.25) is 0 Å². The smallest absolute Gasteiger partial charge is 0.413 e. The Kier molecular flexibility index (Phi) is 4.72. The molecule has 0 radical (unpaired) electrons. The van der Waals surface area contributed by atoms with Crippen LogP contribution in [0.1, 0.15) is 16.8 Å². The number of rotatable bonds is 4. The number of amides is 1. The van der Waals surface area contributed by atoms with Crippen LogP contribution in [0.4, 0.5) is 10.6 Å². The Bertz CT molecular complexity index is 914. The molecule has 0 bridgehead atoms. The fourth-order valence-electron chi connectivity index (χ4n) is 2.27. The van der Waals surface area contributed by atoms with Crippen molar-refractivity contribution in [2.45, 2.75) is 13.5 Å². The molecule has 124 valence electrons. The molecule has 0 fully saturated rings. The van der Waals surface area contributed by atoms with E-state index in [-0.39, 0.29) is 12.3 Å². The first kappa shape index (κ1) is 16.2. The number of benzene rings is 1. The number of carbonyl (C=O) groups excluding carboxylic acids is 1. The van der Waals surface area contributed by atoms with Gasteiger partial charge in [-0.15, -0.1) is 0 Å². The molecule has 7 nitrogen and oxygen atoms in total. The molecular weight excluding hydrogens is 318 g/mol. The standard InChI is InChI=1S/C18H15N5O2/c1-13-16(10-19)22-23(15-8-5-9-20-11-15)17(13)21-18(24)25-12-14-6-3-2-4-7-14/h2-9,11H,12H2,1H3,(H,21,24). The summed E-state index contributed by atoms with van der Waals surface area (Å²) in [6.07, 6.45) is 2.60. The van der Waals surface area contributed by atoms with Crippen LogP contribution in [-0.2, 0) is 11.3 Å². The Hall–Kier alpha value is -3.66. The van der Waals surface area contributed by atoms with E-state index in [4.69, 9.17) is 4.74 Å². The van der Waals surface area contributed by atoms with E-state index in [1.165, 1.54) is 4.68 Å². The van der Waals surface area contributed by atoms with Crippen LogP contribution in [0, 0.1) is 18.3 Å². The van der Waals surface area contributed by atoms with Crippen LogP contribution in [-0.4, -0.2) is 20.9 Å². The zero-order valence-corrected chi connectivity index (χ0v) is 13.5. The quantitative estimate of drug-likeness (QED) is 0.791. The third kappa shape index (κ3) is 3.64. The SMILES string of the molecule is Cc1c(C#N)nn(-c2cccnc2)c1NC(=O)OCc1ccccc1. The molecule has 0 aliphatic rings. The van der Waals surface area contributed by atoms with Crippen molar-refractivity contribution in [3.05, 3.63) is 71.7 Å². The molecule has 2 aromatic heterocycles. The summed E-state index contributed by atoms with van der Waals surface area (Å²) in [5, 5.41) is 16.1. The van der Waals surface area contributed by atoms with Gasteiger partial charge in [-0.3, -0.25) is 10.3 Å². The van der Waals surface area contributed by atoms with Crippen molar-refractivity contribution in [1.29, 1.82) is 5.26 Å². The van der Waals surface area contributed by atoms with Crippen molar-refractivity contribution in [3.63, 3.8) is 0 Å². The second-order valence-corrected chi connectivity index (χ2v) is 5.24. The maximum atomic E-state index is 12.1. The Morgan fingerprint density at radius 1 is 1.28 bits per heavy atom. The van der Waals surface area contributed by atoms with E-state index >= 15 is 0 Å². The molecule has 0 saturated heterocycles. The number of aromatic nitrogens is 3. The average Bonchev–Trinajstić information content (AvgIpc) is 2.97. The first-order valence-electron chi connectivity index (χ1n) is 7.57. The van der Waals surface area contributed by atoms with Crippen molar-refractivity contribution in [1.82, 2.24) is 14.8 Å². The highest BCUT2D eigenvalue weighted by atomic mass is 16.5. The average molecular weight is 333 g/mol. The lowest BCUT2D eigenvalue weighted by molar-refractivity contribution is 0.155. The lowest BCUT2D eigenvalue weighted by atomic mass is 10.2. The third-order valence-electron chi connectivity index (χ3n) is 3.55. The van der Waals surface area contributed by atoms with Gasteiger partial charge in [-0.2, -0.15) is 10.4 Å². The third-order valence-corrected chi connectivity index (χ3v) is 3.55. The number of pyridine rings is 1. The summed E-state index contributed by atoms with van der Waals surface area (Å²) in [7, 11) is 0. The molecule has 0 atom stereocenters. The number of carbonyl (C=O) groups is 1. The molecule has 1 aromatic carbocycles. The van der Waals surface area contributed by atoms with E-state index in [0.29, 0.717) is 17.1 Å². The van der Waals surface area contributed by atoms with E-state index in [9.17, 15) is 10.1 Å². The highest BCUT2D eigenvalue weighted by molar-refractivity contribution is 5.85. The minimum absolute atomic E-state index is 0.151. The number of nitrogens with one attached hydrogen (secondary N) is 1. The van der Waals surface area contributed by atoms with E-state index in [2.05, 4.69) is 15.4 Å². The van der Waals surface area contributed by atoms with Crippen LogP contribution in [0.15, 0.2) is 54.9 Å². The topological polar surface area (TPSA) is 92.8 Å². The minimum atomic E-state index is -0.624. The summed E-state index contributed by atoms with van der Waals surface area (Å²) >= 11 is 0. The maximum Gasteiger partial charge on any atom is 0.413 e. The van der Waals surface area contributed by atoms with Gasteiger partial charge in [0.05, 0.1) is 11.9 Å². The summed E-state index contributed by atoms with van der Waals surface area (Å²) in [6.45, 7) is 1.86. The zero-order chi connectivity index (χ0) is 17.6. The molecule has 0 aliphatic carbocycles. The molecule has 0 unspecified atom stereocenters. The van der Waals surface area contributed by atoms with Gasteiger partial charge >= 0.3 is 6.09 Å². The van der Waals surface area contributed by atoms with Crippen LogP contribution in [0.2, 0.25) is 0 Å². The van der Waals surface area contributed by atoms with Gasteiger partial charge in [0.15, 0.2) is 5.69 Å². The van der Waals surface area contributed by atoms with Gasteiger partial charge in [0.1, 0.15) is 18.5 Å². The molecule has 1 amide bonds. The number of anilines is 1. The van der Waals surface area contributed by atoms with Crippen LogP contribution in [0.5, 0.6) is 0 Å². The molecule has 7 heteroatoms. The molecule has 3 aromatic rings. The fourth-order valence-corrected chi connectivity index (χ4v) is 2.27. The van der Waals surface area contributed by atoms with Crippen molar-refractivity contribution in [3.8, 4) is 11.8 Å². The summed E-state index contributed by atoms with van der Waals surface area (Å²) in [5.74, 6) is 0.377. The highest BCUT2D eigenvalue weighted by Crippen LogP contribution is 2.22. The second-order valence-electron chi connectivity index (χ2n) is 5.24. The van der Waals surface area contributed by atoms with Gasteiger partial charge in [0, 0.05) is 11.8 Å². The predicted octanol–water partition coefficient (Wildman–Crippen LogP) is 3.20. The van der Waals surface area contributed by atoms with Crippen molar-refractivity contribution in [2.75, 3.05) is 5.32 Å². The number of nitriles is 1. The van der Waals surface area contributed by atoms with E-state index < -0.39 is 6.09 Å².